The summed E-state index contributed by atoms with van der Waals surface area (Å²) in [6, 6.07) is 15.1. The van der Waals surface area contributed by atoms with Crippen LogP contribution < -0.4 is 25.6 Å². The van der Waals surface area contributed by atoms with Crippen molar-refractivity contribution in [3.63, 3.8) is 0 Å². The van der Waals surface area contributed by atoms with Gasteiger partial charge in [-0.25, -0.2) is 0 Å². The molecule has 3 aromatic rings. The lowest BCUT2D eigenvalue weighted by atomic mass is 10.2. The third-order valence-electron chi connectivity index (χ3n) is 4.27. The van der Waals surface area contributed by atoms with Crippen LogP contribution in [0.5, 0.6) is 11.5 Å². The molecule has 1 aromatic heterocycles. The molecule has 0 atom stereocenters. The van der Waals surface area contributed by atoms with Crippen LogP contribution in [0.2, 0.25) is 0 Å². The molecule has 0 unspecified atom stereocenters. The molecule has 154 valence electrons. The number of amides is 1. The van der Waals surface area contributed by atoms with Gasteiger partial charge in [0.25, 0.3) is 0 Å². The fraction of sp³-hybridized carbons (Fsp3) is 0.200. The molecule has 0 radical (unpaired) electrons. The van der Waals surface area contributed by atoms with Gasteiger partial charge in [-0.3, -0.25) is 15.6 Å². The number of hydrogen-bond donors (Lipinski definition) is 3. The summed E-state index contributed by atoms with van der Waals surface area (Å²) in [7, 11) is 0. The van der Waals surface area contributed by atoms with Crippen LogP contribution in [-0.4, -0.2) is 28.0 Å². The number of aromatic nitrogens is 2. The Morgan fingerprint density at radius 1 is 1.07 bits per heavy atom. The highest BCUT2D eigenvalue weighted by Gasteiger charge is 2.13. The van der Waals surface area contributed by atoms with E-state index in [1.807, 2.05) is 48.5 Å². The normalized spacial score (nSPS) is 11.7. The van der Waals surface area contributed by atoms with E-state index in [0.717, 1.165) is 16.9 Å². The van der Waals surface area contributed by atoms with Crippen LogP contribution in [0.25, 0.3) is 11.4 Å². The van der Waals surface area contributed by atoms with E-state index in [2.05, 4.69) is 26.3 Å². The zero-order valence-electron chi connectivity index (χ0n) is 15.9. The van der Waals surface area contributed by atoms with Gasteiger partial charge in [0.1, 0.15) is 0 Å². The van der Waals surface area contributed by atoms with Crippen molar-refractivity contribution in [1.29, 1.82) is 0 Å². The number of fused-ring (bicyclic) bond motifs is 1. The number of benzene rings is 2. The van der Waals surface area contributed by atoms with Gasteiger partial charge >= 0.3 is 0 Å². The summed E-state index contributed by atoms with van der Waals surface area (Å²) < 4.78 is 15.8. The topological polar surface area (TPSA) is 111 Å². The fourth-order valence-corrected chi connectivity index (χ4v) is 2.87. The lowest BCUT2D eigenvalue weighted by Gasteiger charge is -2.11. The second-order valence-electron chi connectivity index (χ2n) is 6.42. The Morgan fingerprint density at radius 2 is 1.90 bits per heavy atom. The van der Waals surface area contributed by atoms with E-state index in [1.165, 1.54) is 0 Å². The van der Waals surface area contributed by atoms with Crippen molar-refractivity contribution < 1.29 is 18.8 Å². The zero-order valence-corrected chi connectivity index (χ0v) is 16.7. The van der Waals surface area contributed by atoms with Crippen molar-refractivity contribution in [2.45, 2.75) is 19.4 Å². The summed E-state index contributed by atoms with van der Waals surface area (Å²) in [6.45, 7) is 0.706. The van der Waals surface area contributed by atoms with Crippen molar-refractivity contribution >= 4 is 23.2 Å². The van der Waals surface area contributed by atoms with Gasteiger partial charge in [-0.15, -0.1) is 0 Å². The molecule has 2 heterocycles. The van der Waals surface area contributed by atoms with E-state index < -0.39 is 0 Å². The molecule has 10 heteroatoms. The first-order valence-corrected chi connectivity index (χ1v) is 9.67. The maximum Gasteiger partial charge on any atom is 0.238 e. The maximum absolute atomic E-state index is 12.0. The van der Waals surface area contributed by atoms with E-state index in [1.54, 1.807) is 0 Å². The number of aryl methyl sites for hydroxylation is 1. The number of rotatable bonds is 6. The first kappa shape index (κ1) is 19.6. The molecule has 2 aromatic carbocycles. The third-order valence-corrected chi connectivity index (χ3v) is 4.52. The van der Waals surface area contributed by atoms with Gasteiger partial charge in [-0.05, 0) is 29.9 Å². The van der Waals surface area contributed by atoms with E-state index in [0.29, 0.717) is 35.5 Å². The Labute approximate surface area is 177 Å². The average Bonchev–Trinajstić information content (AvgIpc) is 3.44. The summed E-state index contributed by atoms with van der Waals surface area (Å²) >= 11 is 5.17. The van der Waals surface area contributed by atoms with Crippen LogP contribution in [-0.2, 0) is 17.8 Å². The minimum Gasteiger partial charge on any atom is -0.454 e. The minimum absolute atomic E-state index is 0.175. The molecule has 0 spiro atoms. The van der Waals surface area contributed by atoms with Gasteiger partial charge in [0.2, 0.25) is 24.4 Å². The summed E-state index contributed by atoms with van der Waals surface area (Å²) in [4.78, 5) is 16.3. The van der Waals surface area contributed by atoms with Gasteiger partial charge in [0, 0.05) is 24.9 Å². The predicted octanol–water partition coefficient (Wildman–Crippen LogP) is 2.09. The van der Waals surface area contributed by atoms with Crippen LogP contribution in [0.1, 0.15) is 17.9 Å². The van der Waals surface area contributed by atoms with Crippen LogP contribution >= 0.6 is 12.2 Å². The number of nitrogens with one attached hydrogen (secondary N) is 3. The summed E-state index contributed by atoms with van der Waals surface area (Å²) in [5.74, 6) is 2.08. The number of ether oxygens (including phenoxy) is 2. The first-order chi connectivity index (χ1) is 14.7. The average molecular weight is 425 g/mol. The predicted molar refractivity (Wildman–Crippen MR) is 111 cm³/mol. The lowest BCUT2D eigenvalue weighted by Crippen LogP contribution is -2.46. The summed E-state index contributed by atoms with van der Waals surface area (Å²) in [5.41, 5.74) is 7.04. The largest absolute Gasteiger partial charge is 0.454 e. The van der Waals surface area contributed by atoms with Crippen molar-refractivity contribution in [2.75, 3.05) is 6.79 Å². The number of hydrazine groups is 1. The fourth-order valence-electron chi connectivity index (χ4n) is 2.75. The number of carbonyl (C=O) groups is 1. The van der Waals surface area contributed by atoms with Crippen LogP contribution in [0.3, 0.4) is 0 Å². The monoisotopic (exact) mass is 425 g/mol. The number of hydrogen-bond acceptors (Lipinski definition) is 7. The highest BCUT2D eigenvalue weighted by Crippen LogP contribution is 2.32. The molecule has 1 aliphatic rings. The van der Waals surface area contributed by atoms with E-state index in [4.69, 9.17) is 26.2 Å². The number of carbonyl (C=O) groups excluding carboxylic acids is 1. The van der Waals surface area contributed by atoms with Gasteiger partial charge in [-0.1, -0.05) is 41.6 Å². The van der Waals surface area contributed by atoms with Crippen LogP contribution in [0.15, 0.2) is 53.1 Å². The van der Waals surface area contributed by atoms with Gasteiger partial charge in [-0.2, -0.15) is 4.98 Å². The quantitative estimate of drug-likeness (QED) is 0.404. The molecular weight excluding hydrogens is 406 g/mol. The smallest absolute Gasteiger partial charge is 0.238 e. The number of nitrogens with zero attached hydrogens (tertiary/aromatic N) is 2. The molecule has 0 fully saturated rings. The van der Waals surface area contributed by atoms with Crippen molar-refractivity contribution in [3.05, 3.63) is 60.0 Å². The molecule has 0 bridgehead atoms. The summed E-state index contributed by atoms with van der Waals surface area (Å²) in [5, 5.41) is 7.24. The molecule has 30 heavy (non-hydrogen) atoms. The molecule has 3 N–H and O–H groups in total. The van der Waals surface area contributed by atoms with E-state index >= 15 is 0 Å². The summed E-state index contributed by atoms with van der Waals surface area (Å²) in [6.07, 6.45) is 0.499. The van der Waals surface area contributed by atoms with Crippen molar-refractivity contribution in [2.24, 2.45) is 0 Å². The Bertz CT molecular complexity index is 1040. The standard InChI is InChI=1S/C20H19N5O4S/c26-17(8-9-18-22-19(25-29-18)14-4-2-1-3-5-14)23-24-20(30)21-11-13-6-7-15-16(10-13)28-12-27-15/h1-7,10H,8-9,11-12H2,(H,23,26)(H2,21,24,30). The van der Waals surface area contributed by atoms with Crippen molar-refractivity contribution in [1.82, 2.24) is 26.3 Å². The molecule has 1 amide bonds. The molecule has 0 saturated carbocycles. The van der Waals surface area contributed by atoms with Gasteiger partial charge in [0.05, 0.1) is 0 Å². The number of thiocarbonyl (C=S) groups is 1. The zero-order chi connectivity index (χ0) is 20.8. The molecule has 0 saturated heterocycles. The highest BCUT2D eigenvalue weighted by molar-refractivity contribution is 7.80. The SMILES string of the molecule is O=C(CCc1nc(-c2ccccc2)no1)NNC(=S)NCc1ccc2c(c1)OCO2. The van der Waals surface area contributed by atoms with Crippen LogP contribution in [0.4, 0.5) is 0 Å². The molecular formula is C20H19N5O4S. The Balaban J connectivity index is 1.17. The van der Waals surface area contributed by atoms with Crippen molar-refractivity contribution in [3.8, 4) is 22.9 Å². The van der Waals surface area contributed by atoms with E-state index in [-0.39, 0.29) is 19.1 Å². The van der Waals surface area contributed by atoms with Gasteiger partial charge in [0.15, 0.2) is 16.6 Å². The third kappa shape index (κ3) is 5.03. The molecule has 9 nitrogen and oxygen atoms in total. The minimum atomic E-state index is -0.248. The Kier molecular flexibility index (Phi) is 6.04. The second-order valence-corrected chi connectivity index (χ2v) is 6.83. The van der Waals surface area contributed by atoms with Gasteiger partial charge < -0.3 is 19.3 Å². The lowest BCUT2D eigenvalue weighted by molar-refractivity contribution is -0.121. The highest BCUT2D eigenvalue weighted by atomic mass is 32.1. The first-order valence-electron chi connectivity index (χ1n) is 9.26. The van der Waals surface area contributed by atoms with E-state index in [9.17, 15) is 4.79 Å². The van der Waals surface area contributed by atoms with Crippen LogP contribution in [0, 0.1) is 0 Å². The molecule has 1 aliphatic heterocycles. The Morgan fingerprint density at radius 3 is 2.77 bits per heavy atom. The Hall–Kier alpha value is -3.66. The maximum atomic E-state index is 12.0. The second kappa shape index (κ2) is 9.23. The molecule has 0 aliphatic carbocycles. The molecule has 4 rings (SSSR count).